The molecular formula is C14H16ClN3O. The minimum atomic E-state index is 0.358. The molecule has 5 heteroatoms. The van der Waals surface area contributed by atoms with Gasteiger partial charge in [-0.25, -0.2) is 0 Å². The van der Waals surface area contributed by atoms with E-state index in [0.717, 1.165) is 30.8 Å². The highest BCUT2D eigenvalue weighted by molar-refractivity contribution is 6.30. The van der Waals surface area contributed by atoms with Crippen LogP contribution in [0.3, 0.4) is 0 Å². The molecule has 1 fully saturated rings. The van der Waals surface area contributed by atoms with Gasteiger partial charge in [0.25, 0.3) is 0 Å². The molecule has 1 saturated heterocycles. The average Bonchev–Trinajstić information content (AvgIpc) is 2.88. The van der Waals surface area contributed by atoms with E-state index in [4.69, 9.17) is 16.1 Å². The SMILES string of the molecule is C[C@H]1C[C@@H](c2nc(-c3cccc(Cl)c3)no2)CCN1. The Morgan fingerprint density at radius 3 is 3.11 bits per heavy atom. The van der Waals surface area contributed by atoms with Crippen molar-refractivity contribution in [3.8, 4) is 11.4 Å². The van der Waals surface area contributed by atoms with Crippen molar-refractivity contribution in [3.05, 3.63) is 35.2 Å². The molecule has 100 valence electrons. The fourth-order valence-corrected chi connectivity index (χ4v) is 2.69. The smallest absolute Gasteiger partial charge is 0.230 e. The maximum Gasteiger partial charge on any atom is 0.230 e. The lowest BCUT2D eigenvalue weighted by Gasteiger charge is -2.25. The van der Waals surface area contributed by atoms with Crippen molar-refractivity contribution in [3.63, 3.8) is 0 Å². The first-order valence-corrected chi connectivity index (χ1v) is 6.93. The van der Waals surface area contributed by atoms with Gasteiger partial charge in [0, 0.05) is 22.5 Å². The van der Waals surface area contributed by atoms with E-state index in [0.29, 0.717) is 22.8 Å². The van der Waals surface area contributed by atoms with Crippen molar-refractivity contribution in [2.45, 2.75) is 31.7 Å². The van der Waals surface area contributed by atoms with Gasteiger partial charge in [0.05, 0.1) is 0 Å². The summed E-state index contributed by atoms with van der Waals surface area (Å²) in [5.74, 6) is 1.71. The normalized spacial score (nSPS) is 23.5. The van der Waals surface area contributed by atoms with Gasteiger partial charge in [-0.2, -0.15) is 4.98 Å². The van der Waals surface area contributed by atoms with Crippen LogP contribution in [0.1, 0.15) is 31.6 Å². The van der Waals surface area contributed by atoms with E-state index in [2.05, 4.69) is 22.4 Å². The van der Waals surface area contributed by atoms with Crippen molar-refractivity contribution < 1.29 is 4.52 Å². The molecule has 4 nitrogen and oxygen atoms in total. The molecule has 0 spiro atoms. The minimum absolute atomic E-state index is 0.358. The van der Waals surface area contributed by atoms with Gasteiger partial charge in [0.15, 0.2) is 0 Å². The lowest BCUT2D eigenvalue weighted by molar-refractivity contribution is 0.295. The van der Waals surface area contributed by atoms with Gasteiger partial charge in [-0.05, 0) is 38.4 Å². The van der Waals surface area contributed by atoms with Crippen molar-refractivity contribution in [2.24, 2.45) is 0 Å². The number of benzene rings is 1. The fraction of sp³-hybridized carbons (Fsp3) is 0.429. The number of nitrogens with zero attached hydrogens (tertiary/aromatic N) is 2. The van der Waals surface area contributed by atoms with Gasteiger partial charge in [0.1, 0.15) is 0 Å². The van der Waals surface area contributed by atoms with Crippen LogP contribution < -0.4 is 5.32 Å². The molecule has 2 atom stereocenters. The van der Waals surface area contributed by atoms with E-state index in [1.807, 2.05) is 24.3 Å². The number of piperidine rings is 1. The molecule has 1 aliphatic heterocycles. The molecule has 1 aromatic heterocycles. The molecule has 1 aliphatic rings. The van der Waals surface area contributed by atoms with E-state index in [1.54, 1.807) is 0 Å². The van der Waals surface area contributed by atoms with Gasteiger partial charge >= 0.3 is 0 Å². The second kappa shape index (κ2) is 5.31. The van der Waals surface area contributed by atoms with Crippen LogP contribution in [0.15, 0.2) is 28.8 Å². The lowest BCUT2D eigenvalue weighted by atomic mass is 9.93. The van der Waals surface area contributed by atoms with Crippen LogP contribution in [0, 0.1) is 0 Å². The Hall–Kier alpha value is -1.39. The standard InChI is InChI=1S/C14H16ClN3O/c1-9-7-11(5-6-16-9)14-17-13(18-19-14)10-3-2-4-12(15)8-10/h2-4,8-9,11,16H,5-7H2,1H3/t9-,11-/m0/s1. The quantitative estimate of drug-likeness (QED) is 0.915. The Labute approximate surface area is 117 Å². The Bertz CT molecular complexity index is 569. The maximum atomic E-state index is 5.97. The average molecular weight is 278 g/mol. The number of rotatable bonds is 2. The Morgan fingerprint density at radius 1 is 1.42 bits per heavy atom. The monoisotopic (exact) mass is 277 g/mol. The summed E-state index contributed by atoms with van der Waals surface area (Å²) in [7, 11) is 0. The van der Waals surface area contributed by atoms with Crippen LogP contribution in [0.2, 0.25) is 5.02 Å². The van der Waals surface area contributed by atoms with E-state index in [1.165, 1.54) is 0 Å². The molecule has 19 heavy (non-hydrogen) atoms. The van der Waals surface area contributed by atoms with Crippen molar-refractivity contribution in [1.82, 2.24) is 15.5 Å². The number of nitrogens with one attached hydrogen (secondary N) is 1. The Kier molecular flexibility index (Phi) is 3.53. The lowest BCUT2D eigenvalue weighted by Crippen LogP contribution is -2.34. The third-order valence-corrected chi connectivity index (χ3v) is 3.73. The van der Waals surface area contributed by atoms with E-state index >= 15 is 0 Å². The van der Waals surface area contributed by atoms with Crippen molar-refractivity contribution in [2.75, 3.05) is 6.54 Å². The van der Waals surface area contributed by atoms with Crippen molar-refractivity contribution in [1.29, 1.82) is 0 Å². The molecule has 0 unspecified atom stereocenters. The summed E-state index contributed by atoms with van der Waals surface area (Å²) in [6.07, 6.45) is 2.08. The number of halogens is 1. The highest BCUT2D eigenvalue weighted by atomic mass is 35.5. The van der Waals surface area contributed by atoms with Crippen molar-refractivity contribution >= 4 is 11.6 Å². The Balaban J connectivity index is 1.83. The van der Waals surface area contributed by atoms with Gasteiger partial charge < -0.3 is 9.84 Å². The zero-order chi connectivity index (χ0) is 13.2. The van der Waals surface area contributed by atoms with Crippen LogP contribution >= 0.6 is 11.6 Å². The summed E-state index contributed by atoms with van der Waals surface area (Å²) in [4.78, 5) is 4.52. The molecule has 0 bridgehead atoms. The molecule has 0 amide bonds. The zero-order valence-corrected chi connectivity index (χ0v) is 11.5. The summed E-state index contributed by atoms with van der Waals surface area (Å²) < 4.78 is 5.41. The van der Waals surface area contributed by atoms with Crippen LogP contribution in [-0.2, 0) is 0 Å². The summed E-state index contributed by atoms with van der Waals surface area (Å²) in [5, 5.41) is 8.16. The van der Waals surface area contributed by atoms with Crippen LogP contribution in [0.5, 0.6) is 0 Å². The zero-order valence-electron chi connectivity index (χ0n) is 10.8. The molecule has 1 aromatic carbocycles. The maximum absolute atomic E-state index is 5.97. The van der Waals surface area contributed by atoms with Gasteiger partial charge in [0.2, 0.25) is 11.7 Å². The van der Waals surface area contributed by atoms with E-state index in [-0.39, 0.29) is 0 Å². The van der Waals surface area contributed by atoms with E-state index in [9.17, 15) is 0 Å². The predicted octanol–water partition coefficient (Wildman–Crippen LogP) is 3.25. The van der Waals surface area contributed by atoms with E-state index < -0.39 is 0 Å². The topological polar surface area (TPSA) is 51.0 Å². The molecule has 0 saturated carbocycles. The Morgan fingerprint density at radius 2 is 2.32 bits per heavy atom. The highest BCUT2D eigenvalue weighted by Crippen LogP contribution is 2.28. The number of aromatic nitrogens is 2. The van der Waals surface area contributed by atoms with Crippen LogP contribution in [0.25, 0.3) is 11.4 Å². The molecule has 3 rings (SSSR count). The molecular weight excluding hydrogens is 262 g/mol. The third-order valence-electron chi connectivity index (χ3n) is 3.50. The molecule has 1 N–H and O–H groups in total. The fourth-order valence-electron chi connectivity index (χ4n) is 2.50. The second-order valence-corrected chi connectivity index (χ2v) is 5.48. The van der Waals surface area contributed by atoms with Gasteiger partial charge in [-0.1, -0.05) is 28.9 Å². The van der Waals surface area contributed by atoms with Crippen LogP contribution in [-0.4, -0.2) is 22.7 Å². The van der Waals surface area contributed by atoms with Crippen LogP contribution in [0.4, 0.5) is 0 Å². The number of hydrogen-bond acceptors (Lipinski definition) is 4. The first-order valence-electron chi connectivity index (χ1n) is 6.55. The number of hydrogen-bond donors (Lipinski definition) is 1. The first kappa shape index (κ1) is 12.6. The minimum Gasteiger partial charge on any atom is -0.339 e. The summed E-state index contributed by atoms with van der Waals surface area (Å²) in [6, 6.07) is 8.01. The summed E-state index contributed by atoms with van der Waals surface area (Å²) in [6.45, 7) is 3.18. The summed E-state index contributed by atoms with van der Waals surface area (Å²) >= 11 is 5.97. The highest BCUT2D eigenvalue weighted by Gasteiger charge is 2.25. The molecule has 2 aromatic rings. The molecule has 0 radical (unpaired) electrons. The first-order chi connectivity index (χ1) is 9.22. The predicted molar refractivity (Wildman–Crippen MR) is 74.2 cm³/mol. The second-order valence-electron chi connectivity index (χ2n) is 5.04. The molecule has 0 aliphatic carbocycles. The summed E-state index contributed by atoms with van der Waals surface area (Å²) in [5.41, 5.74) is 0.893. The van der Waals surface area contributed by atoms with Gasteiger partial charge in [-0.3, -0.25) is 0 Å². The third kappa shape index (κ3) is 2.80. The van der Waals surface area contributed by atoms with Gasteiger partial charge in [-0.15, -0.1) is 0 Å². The largest absolute Gasteiger partial charge is 0.339 e. The molecule has 2 heterocycles.